The predicted octanol–water partition coefficient (Wildman–Crippen LogP) is 16.1. The Morgan fingerprint density at radius 3 is 1.86 bits per heavy atom. The van der Waals surface area contributed by atoms with E-state index in [2.05, 4.69) is 95.7 Å². The van der Waals surface area contributed by atoms with Crippen LogP contribution in [0, 0.1) is 28.7 Å². The number of halogens is 4. The van der Waals surface area contributed by atoms with Crippen molar-refractivity contribution in [2.24, 2.45) is 10.4 Å². The van der Waals surface area contributed by atoms with Crippen LogP contribution in [0.15, 0.2) is 121 Å². The van der Waals surface area contributed by atoms with Crippen LogP contribution < -0.4 is 15.6 Å². The van der Waals surface area contributed by atoms with E-state index in [1.807, 2.05) is 36.4 Å². The number of anilines is 2. The van der Waals surface area contributed by atoms with Gasteiger partial charge in [-0.1, -0.05) is 117 Å². The number of para-hydroxylation sites is 2. The summed E-state index contributed by atoms with van der Waals surface area (Å²) in [4.78, 5) is 51.3. The number of ether oxygens (including phenoxy) is 3. The third-order valence-electron chi connectivity index (χ3n) is 15.4. The second-order valence-corrected chi connectivity index (χ2v) is 28.6. The molecule has 2 aliphatic rings. The van der Waals surface area contributed by atoms with Crippen molar-refractivity contribution >= 4 is 83.8 Å². The number of aliphatic carboxylic acids is 1. The molecule has 1 unspecified atom stereocenters. The van der Waals surface area contributed by atoms with Crippen LogP contribution in [-0.4, -0.2) is 83.6 Å². The van der Waals surface area contributed by atoms with E-state index in [0.29, 0.717) is 22.7 Å². The maximum absolute atomic E-state index is 16.3. The number of thioether (sulfide) groups is 1. The molecule has 24 heteroatoms. The van der Waals surface area contributed by atoms with Crippen molar-refractivity contribution in [2.45, 2.75) is 160 Å². The van der Waals surface area contributed by atoms with Gasteiger partial charge in [0, 0.05) is 57.4 Å². The summed E-state index contributed by atoms with van der Waals surface area (Å²) in [5.74, 6) is -13.0. The number of carboxylic acids is 1. The largest absolute Gasteiger partial charge is 0.481 e. The zero-order chi connectivity index (χ0) is 67.9. The third-order valence-corrected chi connectivity index (χ3v) is 20.0. The van der Waals surface area contributed by atoms with Gasteiger partial charge in [0.2, 0.25) is 0 Å². The van der Waals surface area contributed by atoms with Crippen molar-refractivity contribution in [3.05, 3.63) is 152 Å². The van der Waals surface area contributed by atoms with Crippen LogP contribution in [0.5, 0.6) is 0 Å². The van der Waals surface area contributed by atoms with E-state index in [0.717, 1.165) is 45.4 Å². The molecule has 1 aliphatic carbocycles. The predicted molar refractivity (Wildman–Crippen MR) is 346 cm³/mol. The number of hydrogen-bond donors (Lipinski definition) is 2. The van der Waals surface area contributed by atoms with Crippen molar-refractivity contribution in [3.8, 4) is 22.5 Å². The van der Waals surface area contributed by atoms with Gasteiger partial charge in [-0.2, -0.15) is 0 Å². The number of fused-ring (bicyclic) bond motifs is 2. The summed E-state index contributed by atoms with van der Waals surface area (Å²) in [7, 11) is -11.9. The van der Waals surface area contributed by atoms with Crippen LogP contribution in [0.1, 0.15) is 155 Å². The first kappa shape index (κ1) is 71.6. The van der Waals surface area contributed by atoms with E-state index in [1.54, 1.807) is 45.0 Å². The molecule has 17 nitrogen and oxygen atoms in total. The lowest BCUT2D eigenvalue weighted by atomic mass is 9.90. The molecule has 92 heavy (non-hydrogen) atoms. The SMILES string of the molecule is CCC(C)(C)C(=O)OCCNC(=O)OCC(CSc1c(F)c(F)c(S(=O)(=O)[N-]S(=O)(=O)c2ccccc2-c2c3ccc(=Nc4c(C(C)C)cccc4C(C)C)cc-3oc3cc(N(c4c(C(C)C)cccc4C(C)C)C(C)C)ccc23)c(F)c1F)OC(=O)CCC(=O)O. The Kier molecular flexibility index (Phi) is 23.3. The Labute approximate surface area is 538 Å². The first-order chi connectivity index (χ1) is 43.2. The minimum atomic E-state index is -6.25. The molecular weight excluding hydrogens is 1250 g/mol. The standard InChI is InChI=1S/C68H77F4N4O13S3/c1-14-68(12,13)66(80)86-32-31-73-67(81)87-35-44(88-56(79)30-29-55(77)78)36-90-64-58(69)60(71)65(61(72)59(64)70)92(84,85)75-91(82,83)54-24-16-15-19-51(54)57-49-27-25-42(74-62-45(37(2)3)20-17-21-46(62)38(4)5)33-52(49)89-53-34-43(26-28-50(53)57)76(41(10)11)63-47(39(6)7)22-18-23-48(63)40(8)9/h15-28,33-34,37-41,44H,14,29-32,35-36H2,1-13H3,(H,73,81)(H,77,78)/q-1. The summed E-state index contributed by atoms with van der Waals surface area (Å²) in [6.07, 6.45) is -3.81. The molecule has 2 N–H and O–H groups in total. The normalized spacial score (nSPS) is 12.8. The average molecular weight is 1330 g/mol. The number of carbonyl (C=O) groups excluding carboxylic acids is 3. The Morgan fingerprint density at radius 1 is 0.707 bits per heavy atom. The molecule has 0 saturated heterocycles. The second kappa shape index (κ2) is 29.9. The van der Waals surface area contributed by atoms with E-state index >= 15 is 17.6 Å². The summed E-state index contributed by atoms with van der Waals surface area (Å²) >= 11 is -0.0551. The summed E-state index contributed by atoms with van der Waals surface area (Å²) in [5.41, 5.74) is 6.57. The molecule has 7 rings (SSSR count). The van der Waals surface area contributed by atoms with Gasteiger partial charge in [-0.05, 0) is 110 Å². The fourth-order valence-corrected chi connectivity index (χ4v) is 14.2. The molecule has 5 aromatic rings. The maximum Gasteiger partial charge on any atom is 0.407 e. The highest BCUT2D eigenvalue weighted by atomic mass is 32.3. The minimum absolute atomic E-state index is 0.0551. The fourth-order valence-electron chi connectivity index (χ4n) is 10.3. The Hall–Kier alpha value is -7.80. The lowest BCUT2D eigenvalue weighted by molar-refractivity contribution is -0.154. The highest BCUT2D eigenvalue weighted by Crippen LogP contribution is 2.47. The van der Waals surface area contributed by atoms with E-state index in [-0.39, 0.29) is 77.1 Å². The zero-order valence-corrected chi connectivity index (χ0v) is 56.0. The second-order valence-electron chi connectivity index (χ2n) is 24.3. The smallest absolute Gasteiger partial charge is 0.407 e. The van der Waals surface area contributed by atoms with Crippen LogP contribution in [0.3, 0.4) is 0 Å². The molecule has 0 saturated carbocycles. The van der Waals surface area contributed by atoms with Gasteiger partial charge in [0.05, 0.1) is 45.6 Å². The van der Waals surface area contributed by atoms with Gasteiger partial charge in [0.25, 0.3) is 0 Å². The van der Waals surface area contributed by atoms with E-state index in [9.17, 15) is 36.0 Å². The number of sulfonamides is 2. The van der Waals surface area contributed by atoms with Crippen molar-refractivity contribution in [3.63, 3.8) is 0 Å². The zero-order valence-electron chi connectivity index (χ0n) is 53.6. The van der Waals surface area contributed by atoms with Crippen molar-refractivity contribution < 1.29 is 77.3 Å². The molecule has 494 valence electrons. The fraction of sp³-hybridized carbons (Fsp3) is 0.397. The molecule has 0 spiro atoms. The number of carbonyl (C=O) groups is 4. The summed E-state index contributed by atoms with van der Waals surface area (Å²) in [6, 6.07) is 27.8. The van der Waals surface area contributed by atoms with Crippen molar-refractivity contribution in [1.29, 1.82) is 0 Å². The molecule has 5 aromatic carbocycles. The summed E-state index contributed by atoms with van der Waals surface area (Å²) in [5, 5.41) is 12.2. The van der Waals surface area contributed by atoms with Gasteiger partial charge in [-0.25, -0.2) is 44.2 Å². The Morgan fingerprint density at radius 2 is 1.29 bits per heavy atom. The molecule has 0 fully saturated rings. The molecule has 1 amide bonds. The van der Waals surface area contributed by atoms with Gasteiger partial charge < -0.3 is 38.1 Å². The monoisotopic (exact) mass is 1330 g/mol. The Balaban J connectivity index is 1.30. The summed E-state index contributed by atoms with van der Waals surface area (Å²) < 4.78 is 148. The van der Waals surface area contributed by atoms with E-state index in [1.165, 1.54) is 18.2 Å². The first-order valence-corrected chi connectivity index (χ1v) is 34.0. The van der Waals surface area contributed by atoms with E-state index in [4.69, 9.17) is 28.7 Å². The molecule has 1 atom stereocenters. The lowest BCUT2D eigenvalue weighted by Crippen LogP contribution is -2.34. The minimum Gasteiger partial charge on any atom is -0.481 e. The van der Waals surface area contributed by atoms with Crippen molar-refractivity contribution in [2.75, 3.05) is 30.4 Å². The number of alkyl carbamates (subject to hydrolysis) is 1. The van der Waals surface area contributed by atoms with Crippen LogP contribution in [0.4, 0.5) is 39.4 Å². The van der Waals surface area contributed by atoms with Crippen LogP contribution in [0.25, 0.3) is 37.5 Å². The topological polar surface area (TPSA) is 239 Å². The average Bonchev–Trinajstić information content (AvgIpc) is 0.748. The molecule has 1 aliphatic heterocycles. The first-order valence-electron chi connectivity index (χ1n) is 30.1. The van der Waals surface area contributed by atoms with Gasteiger partial charge in [-0.3, -0.25) is 14.4 Å². The highest BCUT2D eigenvalue weighted by molar-refractivity contribution is 8.12. The van der Waals surface area contributed by atoms with Gasteiger partial charge in [0.15, 0.2) is 23.3 Å². The molecule has 0 bridgehead atoms. The maximum atomic E-state index is 16.3. The summed E-state index contributed by atoms with van der Waals surface area (Å²) in [6.45, 7) is 24.6. The molecular formula is C68H77F4N4O13S3-. The molecule has 1 heterocycles. The number of amides is 1. The lowest BCUT2D eigenvalue weighted by Gasteiger charge is -2.35. The number of rotatable bonds is 27. The Bertz CT molecular complexity index is 4110. The number of nitrogens with one attached hydrogen (secondary N) is 1. The van der Waals surface area contributed by atoms with E-state index < -0.39 is 119 Å². The number of esters is 2. The highest BCUT2D eigenvalue weighted by Gasteiger charge is 2.34. The van der Waals surface area contributed by atoms with Gasteiger partial charge >= 0.3 is 24.0 Å². The van der Waals surface area contributed by atoms with Gasteiger partial charge in [0.1, 0.15) is 55.6 Å². The number of nitrogens with zero attached hydrogens (tertiary/aromatic N) is 3. The van der Waals surface area contributed by atoms with Crippen LogP contribution in [0.2, 0.25) is 0 Å². The third kappa shape index (κ3) is 16.3. The molecule has 0 aromatic heterocycles. The van der Waals surface area contributed by atoms with Crippen LogP contribution in [-0.2, 0) is 48.6 Å². The van der Waals surface area contributed by atoms with Crippen LogP contribution >= 0.6 is 11.8 Å². The quantitative estimate of drug-likeness (QED) is 0.00926. The van der Waals surface area contributed by atoms with Gasteiger partial charge in [-0.15, -0.1) is 11.8 Å². The molecule has 0 radical (unpaired) electrons. The number of carboxylic acid groups (broad SMARTS) is 1. The number of hydrogen-bond acceptors (Lipinski definition) is 15. The number of benzene rings is 6. The van der Waals surface area contributed by atoms with Crippen molar-refractivity contribution in [1.82, 2.24) is 5.32 Å².